The van der Waals surface area contributed by atoms with Crippen LogP contribution in [-0.4, -0.2) is 36.5 Å². The molecule has 3 aromatic heterocycles. The van der Waals surface area contributed by atoms with Crippen LogP contribution in [0.1, 0.15) is 53.3 Å². The van der Waals surface area contributed by atoms with Gasteiger partial charge in [0.1, 0.15) is 5.69 Å². The molecule has 1 saturated carbocycles. The van der Waals surface area contributed by atoms with Crippen LogP contribution in [0.25, 0.3) is 5.78 Å². The van der Waals surface area contributed by atoms with Gasteiger partial charge < -0.3 is 10.6 Å². The lowest BCUT2D eigenvalue weighted by molar-refractivity contribution is -0.122. The average Bonchev–Trinajstić information content (AvgIpc) is 3.26. The Morgan fingerprint density at radius 1 is 1.18 bits per heavy atom. The van der Waals surface area contributed by atoms with E-state index in [1.807, 2.05) is 12.3 Å². The number of imidazole rings is 1. The van der Waals surface area contributed by atoms with Crippen molar-refractivity contribution < 1.29 is 14.2 Å². The van der Waals surface area contributed by atoms with E-state index in [4.69, 9.17) is 0 Å². The lowest BCUT2D eigenvalue weighted by atomic mass is 9.83. The SMILES string of the molecule is Cc1nonc1C(=O)NCc1cn2ccc(CNC(=O)CC3CCC3)nc2n1. The minimum atomic E-state index is -0.376. The Kier molecular flexibility index (Phi) is 5.00. The average molecular weight is 383 g/mol. The fraction of sp³-hybridized carbons (Fsp3) is 0.444. The Labute approximate surface area is 160 Å². The molecule has 10 heteroatoms. The Morgan fingerprint density at radius 2 is 1.96 bits per heavy atom. The number of carbonyl (C=O) groups is 2. The third kappa shape index (κ3) is 4.00. The summed E-state index contributed by atoms with van der Waals surface area (Å²) in [6.07, 6.45) is 7.74. The first-order valence-corrected chi connectivity index (χ1v) is 9.26. The molecule has 0 spiro atoms. The Balaban J connectivity index is 1.34. The molecule has 0 radical (unpaired) electrons. The number of rotatable bonds is 7. The molecule has 3 heterocycles. The fourth-order valence-electron chi connectivity index (χ4n) is 3.05. The van der Waals surface area contributed by atoms with E-state index in [-0.39, 0.29) is 24.1 Å². The van der Waals surface area contributed by atoms with E-state index in [1.165, 1.54) is 6.42 Å². The molecule has 0 saturated heterocycles. The molecule has 4 rings (SSSR count). The van der Waals surface area contributed by atoms with Crippen molar-refractivity contribution >= 4 is 17.6 Å². The number of fused-ring (bicyclic) bond motifs is 1. The summed E-state index contributed by atoms with van der Waals surface area (Å²) in [6, 6.07) is 1.84. The van der Waals surface area contributed by atoms with Crippen molar-refractivity contribution in [1.82, 2.24) is 35.3 Å². The van der Waals surface area contributed by atoms with Gasteiger partial charge in [0.05, 0.1) is 24.5 Å². The molecular formula is C18H21N7O3. The van der Waals surface area contributed by atoms with Crippen LogP contribution < -0.4 is 10.6 Å². The van der Waals surface area contributed by atoms with Crippen LogP contribution >= 0.6 is 0 Å². The van der Waals surface area contributed by atoms with Crippen molar-refractivity contribution in [3.05, 3.63) is 41.2 Å². The highest BCUT2D eigenvalue weighted by Crippen LogP contribution is 2.29. The van der Waals surface area contributed by atoms with E-state index >= 15 is 0 Å². The van der Waals surface area contributed by atoms with Gasteiger partial charge in [-0.2, -0.15) is 0 Å². The van der Waals surface area contributed by atoms with Gasteiger partial charge in [0.25, 0.3) is 5.91 Å². The fourth-order valence-corrected chi connectivity index (χ4v) is 3.05. The van der Waals surface area contributed by atoms with Crippen LogP contribution in [0.5, 0.6) is 0 Å². The van der Waals surface area contributed by atoms with Gasteiger partial charge in [0.15, 0.2) is 5.69 Å². The lowest BCUT2D eigenvalue weighted by Gasteiger charge is -2.24. The molecule has 3 aromatic rings. The van der Waals surface area contributed by atoms with Crippen LogP contribution in [0, 0.1) is 12.8 Å². The zero-order valence-electron chi connectivity index (χ0n) is 15.5. The highest BCUT2D eigenvalue weighted by Gasteiger charge is 2.20. The van der Waals surface area contributed by atoms with E-state index in [1.54, 1.807) is 17.5 Å². The van der Waals surface area contributed by atoms with Crippen molar-refractivity contribution in [1.29, 1.82) is 0 Å². The lowest BCUT2D eigenvalue weighted by Crippen LogP contribution is -2.27. The number of aromatic nitrogens is 5. The first-order valence-electron chi connectivity index (χ1n) is 9.26. The molecule has 0 unspecified atom stereocenters. The summed E-state index contributed by atoms with van der Waals surface area (Å²) in [6.45, 7) is 2.24. The molecule has 0 bridgehead atoms. The van der Waals surface area contributed by atoms with E-state index in [0.717, 1.165) is 18.5 Å². The van der Waals surface area contributed by atoms with Crippen LogP contribution in [0.15, 0.2) is 23.1 Å². The zero-order chi connectivity index (χ0) is 19.5. The molecule has 1 aliphatic carbocycles. The van der Waals surface area contributed by atoms with Gasteiger partial charge in [-0.05, 0) is 36.9 Å². The molecule has 1 fully saturated rings. The standard InChI is InChI=1S/C18H21N7O3/c1-11-16(24-28-23-11)17(27)20-9-14-10-25-6-5-13(21-18(25)22-14)8-19-15(26)7-12-3-2-4-12/h5-6,10,12H,2-4,7-9H2,1H3,(H,19,26)(H,20,27). The van der Waals surface area contributed by atoms with Crippen LogP contribution in [-0.2, 0) is 17.9 Å². The smallest absolute Gasteiger partial charge is 0.275 e. The number of hydrogen-bond donors (Lipinski definition) is 2. The Morgan fingerprint density at radius 3 is 2.68 bits per heavy atom. The first-order chi connectivity index (χ1) is 13.6. The predicted octanol–water partition coefficient (Wildman–Crippen LogP) is 1.16. The number of nitrogens with one attached hydrogen (secondary N) is 2. The van der Waals surface area contributed by atoms with Gasteiger partial charge in [-0.15, -0.1) is 0 Å². The summed E-state index contributed by atoms with van der Waals surface area (Å²) in [5, 5.41) is 12.8. The molecule has 146 valence electrons. The minimum Gasteiger partial charge on any atom is -0.350 e. The molecule has 0 atom stereocenters. The van der Waals surface area contributed by atoms with Crippen molar-refractivity contribution in [2.45, 2.75) is 45.7 Å². The molecule has 2 N–H and O–H groups in total. The zero-order valence-corrected chi connectivity index (χ0v) is 15.5. The van der Waals surface area contributed by atoms with Gasteiger partial charge in [0.2, 0.25) is 11.7 Å². The third-order valence-corrected chi connectivity index (χ3v) is 4.90. The maximum atomic E-state index is 12.1. The number of carbonyl (C=O) groups excluding carboxylic acids is 2. The molecule has 2 amide bonds. The normalized spacial score (nSPS) is 14.0. The van der Waals surface area contributed by atoms with Gasteiger partial charge >= 0.3 is 0 Å². The summed E-state index contributed by atoms with van der Waals surface area (Å²) in [5.74, 6) is 0.737. The number of amides is 2. The quantitative estimate of drug-likeness (QED) is 0.626. The van der Waals surface area contributed by atoms with E-state index < -0.39 is 0 Å². The molecular weight excluding hydrogens is 362 g/mol. The van der Waals surface area contributed by atoms with Crippen molar-refractivity contribution in [2.24, 2.45) is 5.92 Å². The summed E-state index contributed by atoms with van der Waals surface area (Å²) >= 11 is 0. The second kappa shape index (κ2) is 7.75. The monoisotopic (exact) mass is 383 g/mol. The van der Waals surface area contributed by atoms with E-state index in [9.17, 15) is 9.59 Å². The van der Waals surface area contributed by atoms with Gasteiger partial charge in [0, 0.05) is 18.8 Å². The molecule has 0 aliphatic heterocycles. The second-order valence-electron chi connectivity index (χ2n) is 7.02. The number of aryl methyl sites for hydroxylation is 1. The number of nitrogens with zero attached hydrogens (tertiary/aromatic N) is 5. The van der Waals surface area contributed by atoms with Crippen molar-refractivity contribution in [2.75, 3.05) is 0 Å². The van der Waals surface area contributed by atoms with Gasteiger partial charge in [-0.1, -0.05) is 11.6 Å². The van der Waals surface area contributed by atoms with E-state index in [2.05, 4.69) is 35.5 Å². The number of hydrogen-bond acceptors (Lipinski definition) is 7. The van der Waals surface area contributed by atoms with Crippen LogP contribution in [0.3, 0.4) is 0 Å². The van der Waals surface area contributed by atoms with Crippen LogP contribution in [0.2, 0.25) is 0 Å². The molecule has 0 aromatic carbocycles. The highest BCUT2D eigenvalue weighted by atomic mass is 16.6. The summed E-state index contributed by atoms with van der Waals surface area (Å²) in [7, 11) is 0. The van der Waals surface area contributed by atoms with Gasteiger partial charge in [-0.25, -0.2) is 14.6 Å². The third-order valence-electron chi connectivity index (χ3n) is 4.90. The van der Waals surface area contributed by atoms with E-state index in [0.29, 0.717) is 36.0 Å². The first kappa shape index (κ1) is 18.1. The van der Waals surface area contributed by atoms with Crippen molar-refractivity contribution in [3.8, 4) is 0 Å². The predicted molar refractivity (Wildman–Crippen MR) is 97.0 cm³/mol. The van der Waals surface area contributed by atoms with Crippen LogP contribution in [0.4, 0.5) is 0 Å². The molecule has 10 nitrogen and oxygen atoms in total. The topological polar surface area (TPSA) is 127 Å². The Hall–Kier alpha value is -3.30. The van der Waals surface area contributed by atoms with Gasteiger partial charge in [-0.3, -0.25) is 14.0 Å². The summed E-state index contributed by atoms with van der Waals surface area (Å²) < 4.78 is 6.30. The highest BCUT2D eigenvalue weighted by molar-refractivity contribution is 5.92. The summed E-state index contributed by atoms with van der Waals surface area (Å²) in [4.78, 5) is 32.9. The Bertz CT molecular complexity index is 1010. The van der Waals surface area contributed by atoms with Crippen molar-refractivity contribution in [3.63, 3.8) is 0 Å². The summed E-state index contributed by atoms with van der Waals surface area (Å²) in [5.41, 5.74) is 1.97. The second-order valence-corrected chi connectivity index (χ2v) is 7.02. The maximum Gasteiger partial charge on any atom is 0.275 e. The maximum absolute atomic E-state index is 12.1. The molecule has 1 aliphatic rings. The largest absolute Gasteiger partial charge is 0.350 e. The molecule has 28 heavy (non-hydrogen) atoms. The minimum absolute atomic E-state index is 0.0655.